The van der Waals surface area contributed by atoms with E-state index in [0.717, 1.165) is 20.8 Å². The zero-order chi connectivity index (χ0) is 19.6. The fourth-order valence-electron chi connectivity index (χ4n) is 2.94. The number of aryl methyl sites for hydroxylation is 2. The van der Waals surface area contributed by atoms with Crippen molar-refractivity contribution in [2.24, 2.45) is 0 Å². The molecule has 1 atom stereocenters. The number of hydrogen-bond acceptors (Lipinski definition) is 5. The van der Waals surface area contributed by atoms with Crippen LogP contribution in [0.15, 0.2) is 40.3 Å². The molecule has 3 rings (SSSR count). The zero-order valence-electron chi connectivity index (χ0n) is 15.9. The van der Waals surface area contributed by atoms with E-state index in [-0.39, 0.29) is 23.3 Å². The molecule has 0 radical (unpaired) electrons. The lowest BCUT2D eigenvalue weighted by molar-refractivity contribution is -0.119. The number of thioether (sulfide) groups is 1. The van der Waals surface area contributed by atoms with Gasteiger partial charge in [-0.1, -0.05) is 42.1 Å². The number of rotatable bonds is 6. The highest BCUT2D eigenvalue weighted by Gasteiger charge is 2.17. The maximum Gasteiger partial charge on any atom is 0.263 e. The SMILES string of the molecule is CCn1c(SCC(=O)NC(C)c2ccccc2)nc2sc(C)c(C)c2c1=O. The zero-order valence-corrected chi connectivity index (χ0v) is 17.5. The van der Waals surface area contributed by atoms with Gasteiger partial charge in [0.1, 0.15) is 4.83 Å². The molecule has 0 aliphatic heterocycles. The van der Waals surface area contributed by atoms with Crippen LogP contribution >= 0.6 is 23.1 Å². The molecule has 1 aromatic carbocycles. The average molecular weight is 402 g/mol. The Hall–Kier alpha value is -2.12. The number of fused-ring (bicyclic) bond motifs is 1. The monoisotopic (exact) mass is 401 g/mol. The molecule has 0 saturated heterocycles. The molecule has 0 fully saturated rings. The van der Waals surface area contributed by atoms with E-state index in [1.807, 2.05) is 58.0 Å². The molecule has 1 amide bonds. The van der Waals surface area contributed by atoms with E-state index in [0.29, 0.717) is 17.1 Å². The Morgan fingerprint density at radius 3 is 2.67 bits per heavy atom. The van der Waals surface area contributed by atoms with Gasteiger partial charge in [-0.25, -0.2) is 4.98 Å². The van der Waals surface area contributed by atoms with Crippen molar-refractivity contribution in [3.63, 3.8) is 0 Å². The van der Waals surface area contributed by atoms with Gasteiger partial charge in [0.05, 0.1) is 17.2 Å². The lowest BCUT2D eigenvalue weighted by Gasteiger charge is -2.14. The van der Waals surface area contributed by atoms with Gasteiger partial charge in [-0.2, -0.15) is 0 Å². The van der Waals surface area contributed by atoms with Crippen molar-refractivity contribution in [2.45, 2.75) is 45.4 Å². The average Bonchev–Trinajstić information content (AvgIpc) is 2.95. The van der Waals surface area contributed by atoms with Crippen LogP contribution in [0.3, 0.4) is 0 Å². The van der Waals surface area contributed by atoms with Crippen molar-refractivity contribution in [1.29, 1.82) is 0 Å². The third-order valence-electron chi connectivity index (χ3n) is 4.58. The summed E-state index contributed by atoms with van der Waals surface area (Å²) in [6.45, 7) is 8.37. The van der Waals surface area contributed by atoms with E-state index in [2.05, 4.69) is 10.3 Å². The highest BCUT2D eigenvalue weighted by Crippen LogP contribution is 2.28. The molecule has 3 aromatic rings. The number of nitrogens with one attached hydrogen (secondary N) is 1. The molecule has 142 valence electrons. The first kappa shape index (κ1) is 19.6. The molecule has 0 aliphatic carbocycles. The minimum Gasteiger partial charge on any atom is -0.349 e. The molecule has 27 heavy (non-hydrogen) atoms. The molecular weight excluding hydrogens is 378 g/mol. The number of aromatic nitrogens is 2. The number of thiophene rings is 1. The minimum absolute atomic E-state index is 0.0232. The Morgan fingerprint density at radius 1 is 1.30 bits per heavy atom. The van der Waals surface area contributed by atoms with Gasteiger partial charge in [-0.15, -0.1) is 11.3 Å². The van der Waals surface area contributed by atoms with Crippen LogP contribution in [-0.4, -0.2) is 21.2 Å². The Balaban J connectivity index is 1.76. The normalized spacial score (nSPS) is 12.3. The van der Waals surface area contributed by atoms with Crippen molar-refractivity contribution in [3.05, 3.63) is 56.7 Å². The predicted molar refractivity (Wildman–Crippen MR) is 113 cm³/mol. The van der Waals surface area contributed by atoms with Crippen LogP contribution in [0, 0.1) is 13.8 Å². The highest BCUT2D eigenvalue weighted by molar-refractivity contribution is 7.99. The van der Waals surface area contributed by atoms with Gasteiger partial charge in [0.25, 0.3) is 5.56 Å². The van der Waals surface area contributed by atoms with Crippen molar-refractivity contribution < 1.29 is 4.79 Å². The van der Waals surface area contributed by atoms with Crippen molar-refractivity contribution in [3.8, 4) is 0 Å². The summed E-state index contributed by atoms with van der Waals surface area (Å²) in [5.74, 6) is 0.144. The van der Waals surface area contributed by atoms with E-state index in [9.17, 15) is 9.59 Å². The Labute approximate surface area is 166 Å². The van der Waals surface area contributed by atoms with Gasteiger partial charge in [0, 0.05) is 11.4 Å². The molecule has 0 saturated carbocycles. The minimum atomic E-state index is -0.0770. The number of hydrogen-bond donors (Lipinski definition) is 1. The first-order valence-electron chi connectivity index (χ1n) is 8.90. The maximum absolute atomic E-state index is 12.8. The fourth-order valence-corrected chi connectivity index (χ4v) is 4.88. The summed E-state index contributed by atoms with van der Waals surface area (Å²) in [4.78, 5) is 31.7. The van der Waals surface area contributed by atoms with Crippen molar-refractivity contribution in [1.82, 2.24) is 14.9 Å². The Kier molecular flexibility index (Phi) is 6.01. The fraction of sp³-hybridized carbons (Fsp3) is 0.350. The van der Waals surface area contributed by atoms with Crippen LogP contribution in [0.4, 0.5) is 0 Å². The van der Waals surface area contributed by atoms with E-state index in [4.69, 9.17) is 0 Å². The van der Waals surface area contributed by atoms with Gasteiger partial charge in [-0.05, 0) is 38.8 Å². The topological polar surface area (TPSA) is 64.0 Å². The third kappa shape index (κ3) is 4.09. The summed E-state index contributed by atoms with van der Waals surface area (Å²) in [7, 11) is 0. The van der Waals surface area contributed by atoms with Gasteiger partial charge in [0.15, 0.2) is 5.16 Å². The number of nitrogens with zero attached hydrogens (tertiary/aromatic N) is 2. The van der Waals surface area contributed by atoms with Crippen LogP contribution in [0.1, 0.15) is 35.9 Å². The van der Waals surface area contributed by atoms with Crippen LogP contribution in [0.5, 0.6) is 0 Å². The second kappa shape index (κ2) is 8.27. The number of carbonyl (C=O) groups is 1. The van der Waals surface area contributed by atoms with Gasteiger partial charge >= 0.3 is 0 Å². The van der Waals surface area contributed by atoms with E-state index < -0.39 is 0 Å². The van der Waals surface area contributed by atoms with E-state index in [1.165, 1.54) is 23.1 Å². The van der Waals surface area contributed by atoms with Crippen LogP contribution < -0.4 is 10.9 Å². The lowest BCUT2D eigenvalue weighted by atomic mass is 10.1. The summed E-state index contributed by atoms with van der Waals surface area (Å²) >= 11 is 2.84. The highest BCUT2D eigenvalue weighted by atomic mass is 32.2. The van der Waals surface area contributed by atoms with Gasteiger partial charge in [-0.3, -0.25) is 14.2 Å². The van der Waals surface area contributed by atoms with Crippen molar-refractivity contribution >= 4 is 39.2 Å². The molecule has 2 aromatic heterocycles. The maximum atomic E-state index is 12.8. The van der Waals surface area contributed by atoms with Gasteiger partial charge < -0.3 is 5.32 Å². The number of amides is 1. The molecular formula is C20H23N3O2S2. The Bertz CT molecular complexity index is 1030. The predicted octanol–water partition coefficient (Wildman–Crippen LogP) is 4.06. The lowest BCUT2D eigenvalue weighted by Crippen LogP contribution is -2.29. The summed E-state index contributed by atoms with van der Waals surface area (Å²) in [6.07, 6.45) is 0. The van der Waals surface area contributed by atoms with E-state index in [1.54, 1.807) is 4.57 Å². The molecule has 1 N–H and O–H groups in total. The standard InChI is InChI=1S/C20H23N3O2S2/c1-5-23-19(25)17-12(2)14(4)27-18(17)22-20(23)26-11-16(24)21-13(3)15-9-7-6-8-10-15/h6-10,13H,5,11H2,1-4H3,(H,21,24). The largest absolute Gasteiger partial charge is 0.349 e. The first-order valence-corrected chi connectivity index (χ1v) is 10.7. The molecule has 1 unspecified atom stereocenters. The Morgan fingerprint density at radius 2 is 2.00 bits per heavy atom. The smallest absolute Gasteiger partial charge is 0.263 e. The summed E-state index contributed by atoms with van der Waals surface area (Å²) in [5, 5.41) is 4.29. The molecule has 0 spiro atoms. The van der Waals surface area contributed by atoms with Crippen LogP contribution in [0.2, 0.25) is 0 Å². The quantitative estimate of drug-likeness (QED) is 0.500. The van der Waals surface area contributed by atoms with Crippen LogP contribution in [-0.2, 0) is 11.3 Å². The third-order valence-corrected chi connectivity index (χ3v) is 6.66. The van der Waals surface area contributed by atoms with Crippen LogP contribution in [0.25, 0.3) is 10.2 Å². The van der Waals surface area contributed by atoms with Gasteiger partial charge in [0.2, 0.25) is 5.91 Å². The molecule has 7 heteroatoms. The number of benzene rings is 1. The second-order valence-electron chi connectivity index (χ2n) is 6.40. The summed E-state index contributed by atoms with van der Waals surface area (Å²) < 4.78 is 1.65. The molecule has 2 heterocycles. The summed E-state index contributed by atoms with van der Waals surface area (Å²) in [6, 6.07) is 9.78. The molecule has 0 bridgehead atoms. The van der Waals surface area contributed by atoms with Crippen molar-refractivity contribution in [2.75, 3.05) is 5.75 Å². The molecule has 0 aliphatic rings. The summed E-state index contributed by atoms with van der Waals surface area (Å²) in [5.41, 5.74) is 2.04. The second-order valence-corrected chi connectivity index (χ2v) is 8.54. The number of carbonyl (C=O) groups excluding carboxylic acids is 1. The molecule has 5 nitrogen and oxygen atoms in total. The first-order chi connectivity index (χ1) is 12.9. The van der Waals surface area contributed by atoms with E-state index >= 15 is 0 Å².